The molecule has 0 bridgehead atoms. The standard InChI is InChI=1S/C13H22N4O/c1-16(7-2-10-18)12-3-8-17(9-4-12)13-11-14-5-6-15-13/h5-6,11-12,18H,2-4,7-10H2,1H3. The van der Waals surface area contributed by atoms with Gasteiger partial charge in [-0.2, -0.15) is 0 Å². The van der Waals surface area contributed by atoms with Crippen LogP contribution in [0.2, 0.25) is 0 Å². The average Bonchev–Trinajstić information content (AvgIpc) is 2.46. The van der Waals surface area contributed by atoms with E-state index in [1.165, 1.54) is 0 Å². The molecule has 0 atom stereocenters. The maximum atomic E-state index is 8.85. The summed E-state index contributed by atoms with van der Waals surface area (Å²) in [5, 5.41) is 8.85. The number of nitrogens with zero attached hydrogens (tertiary/aromatic N) is 4. The van der Waals surface area contributed by atoms with Crippen molar-refractivity contribution in [1.29, 1.82) is 0 Å². The number of anilines is 1. The number of aromatic nitrogens is 2. The van der Waals surface area contributed by atoms with E-state index in [1.54, 1.807) is 12.4 Å². The Kier molecular flexibility index (Phi) is 4.90. The fourth-order valence-electron chi connectivity index (χ4n) is 2.49. The molecule has 5 nitrogen and oxygen atoms in total. The molecule has 0 saturated carbocycles. The van der Waals surface area contributed by atoms with Crippen LogP contribution in [-0.4, -0.2) is 59.3 Å². The van der Waals surface area contributed by atoms with Gasteiger partial charge in [0.2, 0.25) is 0 Å². The fourth-order valence-corrected chi connectivity index (χ4v) is 2.49. The largest absolute Gasteiger partial charge is 0.396 e. The molecule has 1 N–H and O–H groups in total. The molecule has 2 heterocycles. The smallest absolute Gasteiger partial charge is 0.147 e. The van der Waals surface area contributed by atoms with Crippen molar-refractivity contribution in [3.05, 3.63) is 18.6 Å². The number of hydrogen-bond acceptors (Lipinski definition) is 5. The molecular formula is C13H22N4O. The van der Waals surface area contributed by atoms with E-state index in [4.69, 9.17) is 5.11 Å². The molecule has 0 amide bonds. The van der Waals surface area contributed by atoms with E-state index in [0.29, 0.717) is 6.04 Å². The average molecular weight is 250 g/mol. The number of aliphatic hydroxyl groups excluding tert-OH is 1. The maximum absolute atomic E-state index is 8.85. The third-order valence-corrected chi connectivity index (χ3v) is 3.63. The minimum atomic E-state index is 0.281. The van der Waals surface area contributed by atoms with E-state index in [9.17, 15) is 0 Å². The first kappa shape index (κ1) is 13.2. The van der Waals surface area contributed by atoms with Crippen LogP contribution in [0, 0.1) is 0 Å². The van der Waals surface area contributed by atoms with Crippen molar-refractivity contribution in [2.45, 2.75) is 25.3 Å². The van der Waals surface area contributed by atoms with E-state index in [1.807, 2.05) is 6.20 Å². The number of rotatable bonds is 5. The van der Waals surface area contributed by atoms with Crippen LogP contribution in [0.3, 0.4) is 0 Å². The van der Waals surface area contributed by atoms with Gasteiger partial charge in [0.1, 0.15) is 5.82 Å². The summed E-state index contributed by atoms with van der Waals surface area (Å²) in [5.74, 6) is 0.981. The van der Waals surface area contributed by atoms with Crippen molar-refractivity contribution < 1.29 is 5.11 Å². The summed E-state index contributed by atoms with van der Waals surface area (Å²) in [7, 11) is 2.15. The quantitative estimate of drug-likeness (QED) is 0.836. The maximum Gasteiger partial charge on any atom is 0.147 e. The predicted octanol–water partition coefficient (Wildman–Crippen LogP) is 0.760. The first-order valence-corrected chi connectivity index (χ1v) is 6.63. The first-order valence-electron chi connectivity index (χ1n) is 6.63. The zero-order chi connectivity index (χ0) is 12.8. The second-order valence-electron chi connectivity index (χ2n) is 4.84. The second-order valence-corrected chi connectivity index (χ2v) is 4.84. The summed E-state index contributed by atoms with van der Waals surface area (Å²) in [6.45, 7) is 3.33. The third-order valence-electron chi connectivity index (χ3n) is 3.63. The molecule has 1 fully saturated rings. The van der Waals surface area contributed by atoms with Crippen LogP contribution in [0.25, 0.3) is 0 Å². The van der Waals surface area contributed by atoms with Gasteiger partial charge in [-0.05, 0) is 26.3 Å². The highest BCUT2D eigenvalue weighted by atomic mass is 16.3. The molecule has 5 heteroatoms. The Bertz CT molecular complexity index is 338. The zero-order valence-corrected chi connectivity index (χ0v) is 11.0. The van der Waals surface area contributed by atoms with Crippen molar-refractivity contribution in [2.24, 2.45) is 0 Å². The molecule has 0 unspecified atom stereocenters. The lowest BCUT2D eigenvalue weighted by Crippen LogP contribution is -2.44. The van der Waals surface area contributed by atoms with Crippen LogP contribution < -0.4 is 4.90 Å². The van der Waals surface area contributed by atoms with Gasteiger partial charge in [0.05, 0.1) is 6.20 Å². The van der Waals surface area contributed by atoms with Gasteiger partial charge in [0.25, 0.3) is 0 Å². The van der Waals surface area contributed by atoms with Gasteiger partial charge in [0.15, 0.2) is 0 Å². The topological polar surface area (TPSA) is 52.5 Å². The molecule has 18 heavy (non-hydrogen) atoms. The summed E-state index contributed by atoms with van der Waals surface area (Å²) in [6, 6.07) is 0.629. The Morgan fingerprint density at radius 3 is 2.78 bits per heavy atom. The van der Waals surface area contributed by atoms with Crippen LogP contribution in [-0.2, 0) is 0 Å². The van der Waals surface area contributed by atoms with E-state index >= 15 is 0 Å². The molecule has 100 valence electrons. The predicted molar refractivity (Wildman–Crippen MR) is 71.6 cm³/mol. The van der Waals surface area contributed by atoms with Crippen LogP contribution >= 0.6 is 0 Å². The molecule has 0 radical (unpaired) electrons. The van der Waals surface area contributed by atoms with Crippen LogP contribution in [0.15, 0.2) is 18.6 Å². The molecule has 1 saturated heterocycles. The SMILES string of the molecule is CN(CCCO)C1CCN(c2cnccn2)CC1. The van der Waals surface area contributed by atoms with Gasteiger partial charge < -0.3 is 14.9 Å². The van der Waals surface area contributed by atoms with Gasteiger partial charge in [-0.3, -0.25) is 4.98 Å². The fraction of sp³-hybridized carbons (Fsp3) is 0.692. The lowest BCUT2D eigenvalue weighted by Gasteiger charge is -2.37. The second kappa shape index (κ2) is 6.66. The van der Waals surface area contributed by atoms with Crippen LogP contribution in [0.5, 0.6) is 0 Å². The highest BCUT2D eigenvalue weighted by Crippen LogP contribution is 2.19. The summed E-state index contributed by atoms with van der Waals surface area (Å²) in [5.41, 5.74) is 0. The summed E-state index contributed by atoms with van der Waals surface area (Å²) in [6.07, 6.45) is 8.45. The van der Waals surface area contributed by atoms with Gasteiger partial charge in [0, 0.05) is 44.7 Å². The minimum Gasteiger partial charge on any atom is -0.396 e. The summed E-state index contributed by atoms with van der Waals surface area (Å²) < 4.78 is 0. The van der Waals surface area contributed by atoms with E-state index < -0.39 is 0 Å². The van der Waals surface area contributed by atoms with Crippen molar-refractivity contribution >= 4 is 5.82 Å². The van der Waals surface area contributed by atoms with Gasteiger partial charge in [-0.25, -0.2) is 4.98 Å². The number of piperidine rings is 1. The van der Waals surface area contributed by atoms with Crippen molar-refractivity contribution in [3.63, 3.8) is 0 Å². The summed E-state index contributed by atoms with van der Waals surface area (Å²) >= 11 is 0. The number of aliphatic hydroxyl groups is 1. The van der Waals surface area contributed by atoms with Crippen molar-refractivity contribution in [2.75, 3.05) is 38.2 Å². The highest BCUT2D eigenvalue weighted by Gasteiger charge is 2.22. The normalized spacial score (nSPS) is 17.4. The molecule has 0 aromatic carbocycles. The van der Waals surface area contributed by atoms with Gasteiger partial charge in [-0.15, -0.1) is 0 Å². The number of hydrogen-bond donors (Lipinski definition) is 1. The molecule has 1 aliphatic rings. The molecule has 0 aliphatic carbocycles. The van der Waals surface area contributed by atoms with Crippen molar-refractivity contribution in [3.8, 4) is 0 Å². The molecule has 1 aromatic heterocycles. The van der Waals surface area contributed by atoms with Crippen LogP contribution in [0.4, 0.5) is 5.82 Å². The van der Waals surface area contributed by atoms with Crippen molar-refractivity contribution in [1.82, 2.24) is 14.9 Å². The molecule has 0 spiro atoms. The van der Waals surface area contributed by atoms with E-state index in [-0.39, 0.29) is 6.61 Å². The lowest BCUT2D eigenvalue weighted by atomic mass is 10.0. The van der Waals surface area contributed by atoms with E-state index in [0.717, 1.165) is 44.7 Å². The minimum absolute atomic E-state index is 0.281. The monoisotopic (exact) mass is 250 g/mol. The molecular weight excluding hydrogens is 228 g/mol. The van der Waals surface area contributed by atoms with E-state index in [2.05, 4.69) is 26.8 Å². The Morgan fingerprint density at radius 2 is 2.17 bits per heavy atom. The Hall–Kier alpha value is -1.20. The third kappa shape index (κ3) is 3.40. The Labute approximate surface area is 108 Å². The summed E-state index contributed by atoms with van der Waals surface area (Å²) in [4.78, 5) is 13.1. The Morgan fingerprint density at radius 1 is 1.39 bits per heavy atom. The lowest BCUT2D eigenvalue weighted by molar-refractivity contribution is 0.184. The Balaban J connectivity index is 1.81. The highest BCUT2D eigenvalue weighted by molar-refractivity contribution is 5.35. The van der Waals surface area contributed by atoms with Gasteiger partial charge >= 0.3 is 0 Å². The first-order chi connectivity index (χ1) is 8.81. The van der Waals surface area contributed by atoms with Crippen LogP contribution in [0.1, 0.15) is 19.3 Å². The molecule has 1 aromatic rings. The van der Waals surface area contributed by atoms with Gasteiger partial charge in [-0.1, -0.05) is 0 Å². The zero-order valence-electron chi connectivity index (χ0n) is 11.0. The molecule has 1 aliphatic heterocycles. The molecule has 2 rings (SSSR count).